The summed E-state index contributed by atoms with van der Waals surface area (Å²) in [6.07, 6.45) is 2.13. The molecule has 3 rings (SSSR count). The number of hydrogen-bond donors (Lipinski definition) is 2. The molecule has 2 N–H and O–H groups in total. The van der Waals surface area contributed by atoms with Crippen molar-refractivity contribution in [3.8, 4) is 5.75 Å². The van der Waals surface area contributed by atoms with Gasteiger partial charge in [0.2, 0.25) is 0 Å². The molecule has 0 aliphatic carbocycles. The standard InChI is InChI=1S/C21H26N2O5S/c1-3-28-17-7-9-18(10-8-17)29(26,27)22-19-13-16(21(24)25)6-11-20(19)23-12-4-5-15(2)14-23/h6-11,13,15,22H,3-5,12,14H2,1-2H3,(H,24,25)/t15-/m0/s1. The fourth-order valence-electron chi connectivity index (χ4n) is 3.52. The Hall–Kier alpha value is -2.74. The molecule has 0 amide bonds. The van der Waals surface area contributed by atoms with Crippen molar-refractivity contribution in [1.29, 1.82) is 0 Å². The van der Waals surface area contributed by atoms with Crippen LogP contribution in [0.4, 0.5) is 11.4 Å². The molecule has 29 heavy (non-hydrogen) atoms. The summed E-state index contributed by atoms with van der Waals surface area (Å²) < 4.78 is 33.8. The number of nitrogens with zero attached hydrogens (tertiary/aromatic N) is 1. The Labute approximate surface area is 171 Å². The summed E-state index contributed by atoms with van der Waals surface area (Å²) in [6.45, 7) is 6.09. The number of sulfonamides is 1. The Morgan fingerprint density at radius 1 is 1.24 bits per heavy atom. The van der Waals surface area contributed by atoms with Crippen LogP contribution >= 0.6 is 0 Å². The number of aromatic carboxylic acids is 1. The highest BCUT2D eigenvalue weighted by atomic mass is 32.2. The van der Waals surface area contributed by atoms with Crippen molar-refractivity contribution in [2.24, 2.45) is 5.92 Å². The maximum atomic E-state index is 12.9. The Morgan fingerprint density at radius 2 is 1.97 bits per heavy atom. The molecule has 1 aliphatic rings. The lowest BCUT2D eigenvalue weighted by molar-refractivity contribution is 0.0697. The second-order valence-electron chi connectivity index (χ2n) is 7.24. The average Bonchev–Trinajstić information content (AvgIpc) is 2.68. The number of carboxylic acid groups (broad SMARTS) is 1. The van der Waals surface area contributed by atoms with Gasteiger partial charge in [0.1, 0.15) is 5.75 Å². The van der Waals surface area contributed by atoms with Gasteiger partial charge in [-0.25, -0.2) is 13.2 Å². The van der Waals surface area contributed by atoms with Crippen LogP contribution in [0.25, 0.3) is 0 Å². The SMILES string of the molecule is CCOc1ccc(S(=O)(=O)Nc2cc(C(=O)O)ccc2N2CCC[C@H](C)C2)cc1. The normalized spacial score (nSPS) is 17.0. The van der Waals surface area contributed by atoms with Gasteiger partial charge in [-0.05, 0) is 68.1 Å². The molecule has 1 aliphatic heterocycles. The molecule has 0 aromatic heterocycles. The van der Waals surface area contributed by atoms with Gasteiger partial charge in [-0.1, -0.05) is 6.92 Å². The summed E-state index contributed by atoms with van der Waals surface area (Å²) in [5.74, 6) is -0.0362. The molecule has 0 radical (unpaired) electrons. The molecule has 1 saturated heterocycles. The first-order chi connectivity index (χ1) is 13.8. The zero-order valence-electron chi connectivity index (χ0n) is 16.6. The van der Waals surface area contributed by atoms with Gasteiger partial charge in [-0.3, -0.25) is 4.72 Å². The summed E-state index contributed by atoms with van der Waals surface area (Å²) in [5.41, 5.74) is 0.993. The van der Waals surface area contributed by atoms with Gasteiger partial charge in [0.15, 0.2) is 0 Å². The minimum atomic E-state index is -3.89. The van der Waals surface area contributed by atoms with Crippen LogP contribution in [0.15, 0.2) is 47.4 Å². The highest BCUT2D eigenvalue weighted by Crippen LogP contribution is 2.32. The molecule has 0 saturated carbocycles. The predicted octanol–water partition coefficient (Wildman–Crippen LogP) is 3.82. The van der Waals surface area contributed by atoms with Crippen molar-refractivity contribution in [1.82, 2.24) is 0 Å². The van der Waals surface area contributed by atoms with Crippen LogP contribution in [0.3, 0.4) is 0 Å². The quantitative estimate of drug-likeness (QED) is 0.710. The van der Waals surface area contributed by atoms with E-state index in [9.17, 15) is 18.3 Å². The van der Waals surface area contributed by atoms with Crippen LogP contribution in [0.1, 0.15) is 37.0 Å². The van der Waals surface area contributed by atoms with Crippen molar-refractivity contribution in [3.63, 3.8) is 0 Å². The molecule has 1 fully saturated rings. The van der Waals surface area contributed by atoms with Gasteiger partial charge in [-0.2, -0.15) is 0 Å². The average molecular weight is 419 g/mol. The van der Waals surface area contributed by atoms with E-state index in [2.05, 4.69) is 16.5 Å². The second-order valence-corrected chi connectivity index (χ2v) is 8.92. The van der Waals surface area contributed by atoms with E-state index in [-0.39, 0.29) is 16.1 Å². The van der Waals surface area contributed by atoms with Gasteiger partial charge < -0.3 is 14.7 Å². The number of benzene rings is 2. The molecular formula is C21H26N2O5S. The fraction of sp³-hybridized carbons (Fsp3) is 0.381. The van der Waals surface area contributed by atoms with E-state index in [1.54, 1.807) is 18.2 Å². The highest BCUT2D eigenvalue weighted by Gasteiger charge is 2.23. The number of anilines is 2. The van der Waals surface area contributed by atoms with Gasteiger partial charge in [0.05, 0.1) is 28.4 Å². The zero-order valence-corrected chi connectivity index (χ0v) is 17.4. The summed E-state index contributed by atoms with van der Waals surface area (Å²) in [4.78, 5) is 13.6. The molecule has 7 nitrogen and oxygen atoms in total. The zero-order chi connectivity index (χ0) is 21.0. The Kier molecular flexibility index (Phi) is 6.32. The Balaban J connectivity index is 1.94. The number of hydrogen-bond acceptors (Lipinski definition) is 5. The van der Waals surface area contributed by atoms with Crippen molar-refractivity contribution in [3.05, 3.63) is 48.0 Å². The van der Waals surface area contributed by atoms with E-state index in [1.807, 2.05) is 6.92 Å². The summed E-state index contributed by atoms with van der Waals surface area (Å²) >= 11 is 0. The molecule has 0 bridgehead atoms. The van der Waals surface area contributed by atoms with Crippen LogP contribution in [-0.2, 0) is 10.0 Å². The van der Waals surface area contributed by atoms with Gasteiger partial charge in [-0.15, -0.1) is 0 Å². The van der Waals surface area contributed by atoms with Gasteiger partial charge >= 0.3 is 5.97 Å². The van der Waals surface area contributed by atoms with Crippen molar-refractivity contribution >= 4 is 27.4 Å². The third kappa shape index (κ3) is 5.00. The van der Waals surface area contributed by atoms with Crippen LogP contribution in [0.2, 0.25) is 0 Å². The van der Waals surface area contributed by atoms with E-state index < -0.39 is 16.0 Å². The highest BCUT2D eigenvalue weighted by molar-refractivity contribution is 7.92. The van der Waals surface area contributed by atoms with Gasteiger partial charge in [0, 0.05) is 13.1 Å². The Morgan fingerprint density at radius 3 is 2.59 bits per heavy atom. The van der Waals surface area contributed by atoms with Crippen LogP contribution < -0.4 is 14.4 Å². The third-order valence-electron chi connectivity index (χ3n) is 4.93. The molecule has 1 heterocycles. The van der Waals surface area contributed by atoms with Crippen molar-refractivity contribution in [2.45, 2.75) is 31.6 Å². The van der Waals surface area contributed by atoms with E-state index >= 15 is 0 Å². The van der Waals surface area contributed by atoms with Crippen LogP contribution in [0, 0.1) is 5.92 Å². The van der Waals surface area contributed by atoms with Crippen LogP contribution in [-0.4, -0.2) is 39.2 Å². The topological polar surface area (TPSA) is 95.9 Å². The lowest BCUT2D eigenvalue weighted by atomic mass is 9.99. The smallest absolute Gasteiger partial charge is 0.335 e. The fourth-order valence-corrected chi connectivity index (χ4v) is 4.59. The van der Waals surface area contributed by atoms with Crippen molar-refractivity contribution < 1.29 is 23.1 Å². The maximum Gasteiger partial charge on any atom is 0.335 e. The number of ether oxygens (including phenoxy) is 1. The maximum absolute atomic E-state index is 12.9. The number of rotatable bonds is 7. The molecule has 1 atom stereocenters. The number of nitrogens with one attached hydrogen (secondary N) is 1. The third-order valence-corrected chi connectivity index (χ3v) is 6.31. The molecule has 0 unspecified atom stereocenters. The lowest BCUT2D eigenvalue weighted by Gasteiger charge is -2.34. The van der Waals surface area contributed by atoms with E-state index in [1.165, 1.54) is 24.3 Å². The number of carbonyl (C=O) groups is 1. The number of carboxylic acids is 1. The largest absolute Gasteiger partial charge is 0.494 e. The van der Waals surface area contributed by atoms with Crippen molar-refractivity contribution in [2.75, 3.05) is 29.3 Å². The van der Waals surface area contributed by atoms with E-state index in [0.29, 0.717) is 24.0 Å². The minimum Gasteiger partial charge on any atom is -0.494 e. The molecule has 0 spiro atoms. The predicted molar refractivity (Wildman–Crippen MR) is 112 cm³/mol. The Bertz CT molecular complexity index is 973. The molecule has 2 aromatic carbocycles. The second kappa shape index (κ2) is 8.73. The molecule has 2 aromatic rings. The molecular weight excluding hydrogens is 392 g/mol. The summed E-state index contributed by atoms with van der Waals surface area (Å²) in [6, 6.07) is 10.7. The van der Waals surface area contributed by atoms with E-state index in [0.717, 1.165) is 25.9 Å². The van der Waals surface area contributed by atoms with Crippen LogP contribution in [0.5, 0.6) is 5.75 Å². The summed E-state index contributed by atoms with van der Waals surface area (Å²) in [7, 11) is -3.89. The first-order valence-corrected chi connectivity index (χ1v) is 11.2. The lowest BCUT2D eigenvalue weighted by Crippen LogP contribution is -2.35. The molecule has 156 valence electrons. The summed E-state index contributed by atoms with van der Waals surface area (Å²) in [5, 5.41) is 9.34. The van der Waals surface area contributed by atoms with E-state index in [4.69, 9.17) is 4.74 Å². The first kappa shape index (κ1) is 21.0. The monoisotopic (exact) mass is 418 g/mol. The first-order valence-electron chi connectivity index (χ1n) is 9.68. The minimum absolute atomic E-state index is 0.0307. The molecule has 8 heteroatoms. The number of piperidine rings is 1. The van der Waals surface area contributed by atoms with Gasteiger partial charge in [0.25, 0.3) is 10.0 Å².